The first-order valence-corrected chi connectivity index (χ1v) is 5.40. The summed E-state index contributed by atoms with van der Waals surface area (Å²) < 4.78 is 37.4. The van der Waals surface area contributed by atoms with Crippen LogP contribution in [0.1, 0.15) is 12.7 Å². The first-order valence-electron chi connectivity index (χ1n) is 5.40. The van der Waals surface area contributed by atoms with Gasteiger partial charge in [-0.25, -0.2) is 9.97 Å². The second-order valence-corrected chi connectivity index (χ2v) is 3.72. The number of halogens is 3. The van der Waals surface area contributed by atoms with Gasteiger partial charge in [0.2, 0.25) is 5.82 Å². The van der Waals surface area contributed by atoms with Gasteiger partial charge in [-0.1, -0.05) is 0 Å². The summed E-state index contributed by atoms with van der Waals surface area (Å²) in [5, 5.41) is 8.85. The third kappa shape index (κ3) is 3.81. The molecule has 102 valence electrons. The van der Waals surface area contributed by atoms with E-state index in [-0.39, 0.29) is 19.0 Å². The fraction of sp³-hybridized carbons (Fsp3) is 0.600. The van der Waals surface area contributed by atoms with Crippen molar-refractivity contribution in [2.45, 2.75) is 19.1 Å². The van der Waals surface area contributed by atoms with E-state index < -0.39 is 18.0 Å². The van der Waals surface area contributed by atoms with Gasteiger partial charge in [-0.2, -0.15) is 13.2 Å². The van der Waals surface area contributed by atoms with Crippen LogP contribution in [0.4, 0.5) is 19.0 Å². The Kier molecular flexibility index (Phi) is 4.85. The van der Waals surface area contributed by atoms with Crippen molar-refractivity contribution in [3.63, 3.8) is 0 Å². The minimum absolute atomic E-state index is 0.142. The van der Waals surface area contributed by atoms with E-state index in [1.165, 1.54) is 6.07 Å². The molecule has 0 saturated heterocycles. The first kappa shape index (κ1) is 14.7. The van der Waals surface area contributed by atoms with Crippen molar-refractivity contribution in [3.05, 3.63) is 18.1 Å². The molecule has 0 amide bonds. The van der Waals surface area contributed by atoms with Gasteiger partial charge in [0.05, 0.1) is 6.61 Å². The fourth-order valence-corrected chi connectivity index (χ4v) is 1.39. The lowest BCUT2D eigenvalue weighted by Crippen LogP contribution is -2.40. The lowest BCUT2D eigenvalue weighted by atomic mass is 10.3. The lowest BCUT2D eigenvalue weighted by molar-refractivity contribution is -0.144. The number of hydrogen-bond donors (Lipinski definition) is 2. The van der Waals surface area contributed by atoms with Crippen molar-refractivity contribution in [1.82, 2.24) is 9.97 Å². The molecule has 0 radical (unpaired) electrons. The van der Waals surface area contributed by atoms with Gasteiger partial charge in [0.25, 0.3) is 0 Å². The number of likely N-dealkylation sites (N-methyl/N-ethyl adjacent to an activating group) is 1. The molecule has 1 rings (SSSR count). The zero-order valence-electron chi connectivity index (χ0n) is 9.85. The highest BCUT2D eigenvalue weighted by molar-refractivity contribution is 5.37. The van der Waals surface area contributed by atoms with Gasteiger partial charge in [0.1, 0.15) is 5.82 Å². The number of hydrogen-bond acceptors (Lipinski definition) is 5. The summed E-state index contributed by atoms with van der Waals surface area (Å²) in [6, 6.07) is 0.845. The van der Waals surface area contributed by atoms with Gasteiger partial charge in [-0.15, -0.1) is 0 Å². The van der Waals surface area contributed by atoms with E-state index in [4.69, 9.17) is 10.8 Å². The molecule has 1 atom stereocenters. The van der Waals surface area contributed by atoms with Crippen LogP contribution in [0, 0.1) is 0 Å². The molecule has 0 fully saturated rings. The van der Waals surface area contributed by atoms with E-state index in [0.29, 0.717) is 6.54 Å². The number of anilines is 1. The summed E-state index contributed by atoms with van der Waals surface area (Å²) in [5.41, 5.74) is 5.55. The maximum atomic E-state index is 12.5. The number of nitrogens with two attached hydrogens (primary N) is 1. The SMILES string of the molecule is CCN(C[C@H](N)CO)c1ccnc(C(F)(F)F)n1. The Morgan fingerprint density at radius 1 is 1.50 bits per heavy atom. The van der Waals surface area contributed by atoms with Crippen LogP contribution in [0.15, 0.2) is 12.3 Å². The van der Waals surface area contributed by atoms with Gasteiger partial charge in [0, 0.05) is 25.3 Å². The van der Waals surface area contributed by atoms with Gasteiger partial charge in [0.15, 0.2) is 0 Å². The monoisotopic (exact) mass is 264 g/mol. The Morgan fingerprint density at radius 2 is 2.17 bits per heavy atom. The van der Waals surface area contributed by atoms with Crippen molar-refractivity contribution in [2.75, 3.05) is 24.6 Å². The van der Waals surface area contributed by atoms with Gasteiger partial charge in [-0.05, 0) is 13.0 Å². The van der Waals surface area contributed by atoms with Crippen LogP contribution in [0.5, 0.6) is 0 Å². The van der Waals surface area contributed by atoms with Crippen LogP contribution in [-0.4, -0.2) is 40.8 Å². The summed E-state index contributed by atoms with van der Waals surface area (Å²) >= 11 is 0. The molecule has 0 aliphatic heterocycles. The number of nitrogens with zero attached hydrogens (tertiary/aromatic N) is 3. The smallest absolute Gasteiger partial charge is 0.395 e. The normalized spacial score (nSPS) is 13.4. The molecule has 1 heterocycles. The quantitative estimate of drug-likeness (QED) is 0.816. The first-order chi connectivity index (χ1) is 8.38. The van der Waals surface area contributed by atoms with Crippen molar-refractivity contribution in [2.24, 2.45) is 5.73 Å². The maximum absolute atomic E-state index is 12.5. The predicted octanol–water partition coefficient (Wildman–Crippen LogP) is 0.641. The van der Waals surface area contributed by atoms with Crippen LogP contribution < -0.4 is 10.6 Å². The summed E-state index contributed by atoms with van der Waals surface area (Å²) in [4.78, 5) is 8.19. The van der Waals surface area contributed by atoms with Crippen LogP contribution in [0.25, 0.3) is 0 Å². The second kappa shape index (κ2) is 5.96. The summed E-state index contributed by atoms with van der Waals surface area (Å²) in [6.07, 6.45) is -3.52. The van der Waals surface area contributed by atoms with Crippen molar-refractivity contribution < 1.29 is 18.3 Å². The Bertz CT molecular complexity index is 386. The van der Waals surface area contributed by atoms with Crippen LogP contribution in [-0.2, 0) is 6.18 Å². The second-order valence-electron chi connectivity index (χ2n) is 3.72. The zero-order valence-corrected chi connectivity index (χ0v) is 9.85. The van der Waals surface area contributed by atoms with E-state index in [9.17, 15) is 13.2 Å². The molecule has 0 unspecified atom stereocenters. The van der Waals surface area contributed by atoms with Crippen LogP contribution in [0.2, 0.25) is 0 Å². The van der Waals surface area contributed by atoms with E-state index in [0.717, 1.165) is 6.20 Å². The van der Waals surface area contributed by atoms with E-state index >= 15 is 0 Å². The molecule has 0 aliphatic carbocycles. The number of aliphatic hydroxyl groups is 1. The number of aliphatic hydroxyl groups excluding tert-OH is 1. The molecule has 18 heavy (non-hydrogen) atoms. The van der Waals surface area contributed by atoms with E-state index in [1.54, 1.807) is 11.8 Å². The lowest BCUT2D eigenvalue weighted by Gasteiger charge is -2.24. The molecule has 0 spiro atoms. The minimum Gasteiger partial charge on any atom is -0.395 e. The Balaban J connectivity index is 2.93. The van der Waals surface area contributed by atoms with Crippen LogP contribution >= 0.6 is 0 Å². The molecule has 0 aliphatic rings. The largest absolute Gasteiger partial charge is 0.451 e. The topological polar surface area (TPSA) is 75.3 Å². The highest BCUT2D eigenvalue weighted by Crippen LogP contribution is 2.27. The van der Waals surface area contributed by atoms with E-state index in [1.807, 2.05) is 0 Å². The average Bonchev–Trinajstić information content (AvgIpc) is 2.34. The van der Waals surface area contributed by atoms with Gasteiger partial charge >= 0.3 is 6.18 Å². The molecule has 3 N–H and O–H groups in total. The minimum atomic E-state index is -4.57. The summed E-state index contributed by atoms with van der Waals surface area (Å²) in [7, 11) is 0. The highest BCUT2D eigenvalue weighted by atomic mass is 19.4. The molecule has 0 aromatic carbocycles. The number of alkyl halides is 3. The standard InChI is InChI=1S/C10H15F3N4O/c1-2-17(5-7(14)6-18)8-3-4-15-9(16-8)10(11,12)13/h3-4,7,18H,2,5-6,14H2,1H3/t7-/m0/s1. The number of aromatic nitrogens is 2. The summed E-state index contributed by atoms with van der Waals surface area (Å²) in [5.74, 6) is -1.04. The number of rotatable bonds is 5. The molecule has 1 aromatic rings. The molecule has 8 heteroatoms. The Labute approximate surface area is 102 Å². The Hall–Kier alpha value is -1.41. The average molecular weight is 264 g/mol. The highest BCUT2D eigenvalue weighted by Gasteiger charge is 2.35. The molecule has 5 nitrogen and oxygen atoms in total. The maximum Gasteiger partial charge on any atom is 0.451 e. The van der Waals surface area contributed by atoms with Crippen molar-refractivity contribution in [3.8, 4) is 0 Å². The Morgan fingerprint density at radius 3 is 2.67 bits per heavy atom. The molecular formula is C10H15F3N4O. The molecule has 0 saturated carbocycles. The van der Waals surface area contributed by atoms with Gasteiger partial charge < -0.3 is 15.7 Å². The van der Waals surface area contributed by atoms with Crippen molar-refractivity contribution in [1.29, 1.82) is 0 Å². The predicted molar refractivity (Wildman–Crippen MR) is 60.0 cm³/mol. The molecule has 1 aromatic heterocycles. The van der Waals surface area contributed by atoms with Gasteiger partial charge in [-0.3, -0.25) is 0 Å². The summed E-state index contributed by atoms with van der Waals surface area (Å²) in [6.45, 7) is 2.18. The molecular weight excluding hydrogens is 249 g/mol. The molecule has 0 bridgehead atoms. The van der Waals surface area contributed by atoms with E-state index in [2.05, 4.69) is 9.97 Å². The fourth-order valence-electron chi connectivity index (χ4n) is 1.39. The third-order valence-corrected chi connectivity index (χ3v) is 2.29. The zero-order chi connectivity index (χ0) is 13.8. The van der Waals surface area contributed by atoms with Crippen LogP contribution in [0.3, 0.4) is 0 Å². The van der Waals surface area contributed by atoms with Crippen molar-refractivity contribution >= 4 is 5.82 Å². The third-order valence-electron chi connectivity index (χ3n) is 2.29.